The molecule has 0 spiro atoms. The van der Waals surface area contributed by atoms with Gasteiger partial charge in [0, 0.05) is 13.1 Å². The zero-order valence-corrected chi connectivity index (χ0v) is 15.0. The number of amides is 2. The lowest BCUT2D eigenvalue weighted by Gasteiger charge is -2.44. The molecule has 0 aromatic rings. The van der Waals surface area contributed by atoms with Crippen molar-refractivity contribution >= 4 is 12.0 Å². The van der Waals surface area contributed by atoms with E-state index in [-0.39, 0.29) is 18.0 Å². The molecule has 0 unspecified atom stereocenters. The summed E-state index contributed by atoms with van der Waals surface area (Å²) in [4.78, 5) is 28.4. The first kappa shape index (κ1) is 18.1. The van der Waals surface area contributed by atoms with Crippen molar-refractivity contribution < 1.29 is 14.3 Å². The zero-order valence-electron chi connectivity index (χ0n) is 15.0. The predicted molar refractivity (Wildman–Crippen MR) is 90.2 cm³/mol. The number of hydrogen-bond acceptors (Lipinski definition) is 3. The standard InChI is InChI=1S/C18H32N2O3/c1-18(2,3)23-17(22)20-13-11-9-7-5-4-6-8-10-12-19-14-15(20)16(19)21/h15H,4-14H2,1-3H3/t15-/m0/s1. The van der Waals surface area contributed by atoms with Crippen LogP contribution in [0, 0.1) is 0 Å². The van der Waals surface area contributed by atoms with Crippen LogP contribution in [0.15, 0.2) is 0 Å². The molecule has 0 aliphatic carbocycles. The Hall–Kier alpha value is -1.26. The lowest BCUT2D eigenvalue weighted by Crippen LogP contribution is -2.65. The average molecular weight is 324 g/mol. The number of ether oxygens (including phenoxy) is 1. The number of rotatable bonds is 0. The maximum Gasteiger partial charge on any atom is 0.411 e. The van der Waals surface area contributed by atoms with Gasteiger partial charge in [-0.05, 0) is 33.6 Å². The van der Waals surface area contributed by atoms with Gasteiger partial charge < -0.3 is 9.64 Å². The summed E-state index contributed by atoms with van der Waals surface area (Å²) in [5.41, 5.74) is -0.525. The van der Waals surface area contributed by atoms with Crippen molar-refractivity contribution in [2.45, 2.75) is 83.8 Å². The monoisotopic (exact) mass is 324 g/mol. The number of fused-ring (bicyclic) bond motifs is 10. The van der Waals surface area contributed by atoms with E-state index in [2.05, 4.69) is 0 Å². The van der Waals surface area contributed by atoms with Crippen molar-refractivity contribution in [1.29, 1.82) is 0 Å². The fourth-order valence-corrected chi connectivity index (χ4v) is 3.25. The Morgan fingerprint density at radius 2 is 1.48 bits per heavy atom. The minimum atomic E-state index is -0.525. The number of hydrogen-bond donors (Lipinski definition) is 0. The zero-order chi connectivity index (χ0) is 16.9. The van der Waals surface area contributed by atoms with Gasteiger partial charge in [0.05, 0.1) is 6.54 Å². The van der Waals surface area contributed by atoms with E-state index in [1.165, 1.54) is 32.1 Å². The van der Waals surface area contributed by atoms with E-state index in [1.807, 2.05) is 25.7 Å². The first-order chi connectivity index (χ1) is 10.9. The molecule has 2 amide bonds. The summed E-state index contributed by atoms with van der Waals surface area (Å²) < 4.78 is 5.51. The number of carbonyl (C=O) groups is 2. The fraction of sp³-hybridized carbons (Fsp3) is 0.889. The van der Waals surface area contributed by atoms with Crippen molar-refractivity contribution in [1.82, 2.24) is 9.80 Å². The summed E-state index contributed by atoms with van der Waals surface area (Å²) in [6, 6.07) is -0.312. The summed E-state index contributed by atoms with van der Waals surface area (Å²) in [5, 5.41) is 0. The van der Waals surface area contributed by atoms with Gasteiger partial charge in [-0.2, -0.15) is 0 Å². The third-order valence-electron chi connectivity index (χ3n) is 4.57. The number of β-lactam (4-membered cyclic amide) rings is 1. The lowest BCUT2D eigenvalue weighted by atomic mass is 10.0. The Bertz CT molecular complexity index is 417. The minimum absolute atomic E-state index is 0.0907. The molecule has 1 atom stereocenters. The fourth-order valence-electron chi connectivity index (χ4n) is 3.25. The molecule has 5 heteroatoms. The Balaban J connectivity index is 1.98. The highest BCUT2D eigenvalue weighted by atomic mass is 16.6. The Kier molecular flexibility index (Phi) is 6.31. The minimum Gasteiger partial charge on any atom is -0.444 e. The Morgan fingerprint density at radius 3 is 2.00 bits per heavy atom. The van der Waals surface area contributed by atoms with Crippen LogP contribution in [-0.2, 0) is 9.53 Å². The molecule has 23 heavy (non-hydrogen) atoms. The summed E-state index contributed by atoms with van der Waals surface area (Å²) >= 11 is 0. The molecule has 0 aromatic carbocycles. The molecule has 0 N–H and O–H groups in total. The molecule has 3 saturated heterocycles. The van der Waals surface area contributed by atoms with Crippen LogP contribution in [0.1, 0.15) is 72.1 Å². The summed E-state index contributed by atoms with van der Waals surface area (Å²) in [6.07, 6.45) is 9.04. The highest BCUT2D eigenvalue weighted by Crippen LogP contribution is 2.22. The molecule has 2 bridgehead atoms. The van der Waals surface area contributed by atoms with Gasteiger partial charge in [0.25, 0.3) is 0 Å². The van der Waals surface area contributed by atoms with E-state index >= 15 is 0 Å². The Morgan fingerprint density at radius 1 is 0.957 bits per heavy atom. The molecular formula is C18H32N2O3. The second kappa shape index (κ2) is 8.02. The second-order valence-corrected chi connectivity index (χ2v) is 7.80. The van der Waals surface area contributed by atoms with Gasteiger partial charge in [-0.3, -0.25) is 9.69 Å². The molecule has 3 fully saturated rings. The summed E-state index contributed by atoms with van der Waals surface area (Å²) in [6.45, 7) is 7.71. The molecular weight excluding hydrogens is 292 g/mol. The molecule has 3 rings (SSSR count). The van der Waals surface area contributed by atoms with Gasteiger partial charge >= 0.3 is 6.09 Å². The van der Waals surface area contributed by atoms with Gasteiger partial charge in [0.15, 0.2) is 0 Å². The molecule has 3 heterocycles. The van der Waals surface area contributed by atoms with Gasteiger partial charge in [0.2, 0.25) is 5.91 Å². The second-order valence-electron chi connectivity index (χ2n) is 7.80. The average Bonchev–Trinajstić information content (AvgIpc) is 2.46. The van der Waals surface area contributed by atoms with Gasteiger partial charge in [-0.1, -0.05) is 38.5 Å². The van der Waals surface area contributed by atoms with Crippen molar-refractivity contribution in [2.75, 3.05) is 19.6 Å². The predicted octanol–water partition coefficient (Wildman–Crippen LogP) is 3.57. The highest BCUT2D eigenvalue weighted by Gasteiger charge is 2.43. The highest BCUT2D eigenvalue weighted by molar-refractivity contribution is 5.91. The van der Waals surface area contributed by atoms with E-state index in [1.54, 1.807) is 4.90 Å². The van der Waals surface area contributed by atoms with Crippen molar-refractivity contribution in [2.24, 2.45) is 0 Å². The molecule has 3 aliphatic rings. The first-order valence-corrected chi connectivity index (χ1v) is 9.17. The smallest absolute Gasteiger partial charge is 0.411 e. The van der Waals surface area contributed by atoms with Crippen LogP contribution in [0.4, 0.5) is 4.79 Å². The van der Waals surface area contributed by atoms with E-state index in [4.69, 9.17) is 4.74 Å². The van der Waals surface area contributed by atoms with E-state index in [0.29, 0.717) is 13.1 Å². The van der Waals surface area contributed by atoms with Crippen molar-refractivity contribution in [3.63, 3.8) is 0 Å². The summed E-state index contributed by atoms with van der Waals surface area (Å²) in [5.74, 6) is 0.0907. The van der Waals surface area contributed by atoms with Crippen LogP contribution in [0.3, 0.4) is 0 Å². The van der Waals surface area contributed by atoms with Crippen LogP contribution in [0.2, 0.25) is 0 Å². The van der Waals surface area contributed by atoms with Crippen LogP contribution in [0.25, 0.3) is 0 Å². The maximum absolute atomic E-state index is 12.5. The molecule has 5 nitrogen and oxygen atoms in total. The van der Waals surface area contributed by atoms with Gasteiger partial charge in [-0.25, -0.2) is 4.79 Å². The first-order valence-electron chi connectivity index (χ1n) is 9.17. The normalized spacial score (nSPS) is 24.7. The number of carbonyl (C=O) groups excluding carboxylic acids is 2. The van der Waals surface area contributed by atoms with Crippen molar-refractivity contribution in [3.8, 4) is 0 Å². The molecule has 0 radical (unpaired) electrons. The van der Waals surface area contributed by atoms with Crippen LogP contribution in [0.5, 0.6) is 0 Å². The number of nitrogens with zero attached hydrogens (tertiary/aromatic N) is 2. The van der Waals surface area contributed by atoms with E-state index < -0.39 is 5.60 Å². The van der Waals surface area contributed by atoms with Gasteiger partial charge in [0.1, 0.15) is 11.6 Å². The quantitative estimate of drug-likeness (QED) is 0.640. The van der Waals surface area contributed by atoms with Crippen LogP contribution >= 0.6 is 0 Å². The third kappa shape index (κ3) is 5.40. The molecule has 0 aromatic heterocycles. The largest absolute Gasteiger partial charge is 0.444 e. The molecule has 0 saturated carbocycles. The molecule has 132 valence electrons. The lowest BCUT2D eigenvalue weighted by molar-refractivity contribution is -0.150. The van der Waals surface area contributed by atoms with Crippen LogP contribution < -0.4 is 0 Å². The molecule has 3 aliphatic heterocycles. The maximum atomic E-state index is 12.5. The van der Waals surface area contributed by atoms with Gasteiger partial charge in [-0.15, -0.1) is 0 Å². The SMILES string of the molecule is CC(C)(C)OC(=O)N1CCCCCCCCCCN2C[C@H]1C2=O. The van der Waals surface area contributed by atoms with E-state index in [9.17, 15) is 9.59 Å². The summed E-state index contributed by atoms with van der Waals surface area (Å²) in [7, 11) is 0. The van der Waals surface area contributed by atoms with Crippen molar-refractivity contribution in [3.05, 3.63) is 0 Å². The third-order valence-corrected chi connectivity index (χ3v) is 4.57. The Labute approximate surface area is 140 Å². The topological polar surface area (TPSA) is 49.9 Å². The van der Waals surface area contributed by atoms with E-state index in [0.717, 1.165) is 25.8 Å². The van der Waals surface area contributed by atoms with Crippen LogP contribution in [-0.4, -0.2) is 53.1 Å².